The molecule has 0 unspecified atom stereocenters. The Morgan fingerprint density at radius 1 is 1.08 bits per heavy atom. The van der Waals surface area contributed by atoms with E-state index >= 15 is 0 Å². The predicted octanol–water partition coefficient (Wildman–Crippen LogP) is 5.41. The van der Waals surface area contributed by atoms with Crippen molar-refractivity contribution in [3.63, 3.8) is 0 Å². The van der Waals surface area contributed by atoms with E-state index in [0.29, 0.717) is 34.4 Å². The Morgan fingerprint density at radius 3 is 2.38 bits per heavy atom. The van der Waals surface area contributed by atoms with Gasteiger partial charge in [0.1, 0.15) is 18.3 Å². The number of nitrogens with one attached hydrogen (secondary N) is 1. The first-order valence-electron chi connectivity index (χ1n) is 13.3. The molecular weight excluding hydrogens is 561 g/mol. The second-order valence-corrected chi connectivity index (χ2v) is 12.4. The summed E-state index contributed by atoms with van der Waals surface area (Å²) in [6, 6.07) is 10.8. The highest BCUT2D eigenvalue weighted by atomic mass is 35.5. The van der Waals surface area contributed by atoms with Crippen LogP contribution in [0.2, 0.25) is 10.0 Å². The minimum absolute atomic E-state index is 0.0101. The number of para-hydroxylation sites is 2. The molecule has 214 valence electrons. The Balaban J connectivity index is 1.97. The highest BCUT2D eigenvalue weighted by Crippen LogP contribution is 2.31. The van der Waals surface area contributed by atoms with Crippen LogP contribution in [-0.4, -0.2) is 56.6 Å². The third-order valence-corrected chi connectivity index (χ3v) is 8.52. The standard InChI is InChI=1S/C28H37Cl2N3O5S/c1-4-24(28(35)31-22-11-7-6-8-12-22)32(18-20-15-16-21(29)17-23(20)30)27(34)19-33(39(3,36)37)25-13-9-10-14-26(25)38-5-2/h9-10,13-17,22,24H,4-8,11-12,18-19H2,1-3H3,(H,31,35)/t24-/m0/s1. The van der Waals surface area contributed by atoms with E-state index < -0.39 is 28.5 Å². The molecule has 0 aromatic heterocycles. The number of benzene rings is 2. The molecule has 11 heteroatoms. The molecule has 0 radical (unpaired) electrons. The average molecular weight is 599 g/mol. The number of carbonyl (C=O) groups is 2. The number of hydrogen-bond acceptors (Lipinski definition) is 5. The number of anilines is 1. The Kier molecular flexibility index (Phi) is 11.3. The molecule has 3 rings (SSSR count). The molecule has 1 aliphatic carbocycles. The first kappa shape index (κ1) is 31.0. The van der Waals surface area contributed by atoms with E-state index in [2.05, 4.69) is 5.32 Å². The Labute approximate surface area is 241 Å². The Morgan fingerprint density at radius 2 is 1.77 bits per heavy atom. The van der Waals surface area contributed by atoms with Crippen molar-refractivity contribution in [2.45, 2.75) is 71.0 Å². The van der Waals surface area contributed by atoms with Crippen molar-refractivity contribution in [2.24, 2.45) is 0 Å². The van der Waals surface area contributed by atoms with Crippen LogP contribution in [0.3, 0.4) is 0 Å². The van der Waals surface area contributed by atoms with Gasteiger partial charge in [0.25, 0.3) is 0 Å². The van der Waals surface area contributed by atoms with Gasteiger partial charge < -0.3 is 15.0 Å². The van der Waals surface area contributed by atoms with Crippen LogP contribution in [0.15, 0.2) is 42.5 Å². The van der Waals surface area contributed by atoms with Gasteiger partial charge in [-0.15, -0.1) is 0 Å². The summed E-state index contributed by atoms with van der Waals surface area (Å²) in [5.41, 5.74) is 0.846. The number of rotatable bonds is 12. The molecule has 2 aromatic carbocycles. The summed E-state index contributed by atoms with van der Waals surface area (Å²) in [5, 5.41) is 3.91. The van der Waals surface area contributed by atoms with Crippen molar-refractivity contribution < 1.29 is 22.7 Å². The van der Waals surface area contributed by atoms with Crippen LogP contribution in [0.25, 0.3) is 0 Å². The van der Waals surface area contributed by atoms with Gasteiger partial charge in [-0.3, -0.25) is 13.9 Å². The van der Waals surface area contributed by atoms with Crippen molar-refractivity contribution in [3.05, 3.63) is 58.1 Å². The Bertz CT molecular complexity index is 1250. The first-order valence-corrected chi connectivity index (χ1v) is 15.9. The summed E-state index contributed by atoms with van der Waals surface area (Å²) in [6.07, 6.45) is 6.42. The molecular formula is C28H37Cl2N3O5S. The molecule has 39 heavy (non-hydrogen) atoms. The number of sulfonamides is 1. The predicted molar refractivity (Wildman–Crippen MR) is 156 cm³/mol. The molecule has 1 N–H and O–H groups in total. The quantitative estimate of drug-likeness (QED) is 0.352. The highest BCUT2D eigenvalue weighted by Gasteiger charge is 2.33. The number of nitrogens with zero attached hydrogens (tertiary/aromatic N) is 2. The zero-order chi connectivity index (χ0) is 28.6. The van der Waals surface area contributed by atoms with Gasteiger partial charge in [-0.05, 0) is 56.0 Å². The number of halogens is 2. The summed E-state index contributed by atoms with van der Waals surface area (Å²) in [6.45, 7) is 3.44. The summed E-state index contributed by atoms with van der Waals surface area (Å²) in [7, 11) is -3.89. The molecule has 2 aromatic rings. The number of carbonyl (C=O) groups excluding carboxylic acids is 2. The van der Waals surface area contributed by atoms with Gasteiger partial charge in [0.15, 0.2) is 0 Å². The second kappa shape index (κ2) is 14.2. The lowest BCUT2D eigenvalue weighted by Crippen LogP contribution is -2.54. The van der Waals surface area contributed by atoms with E-state index in [9.17, 15) is 18.0 Å². The molecule has 1 atom stereocenters. The molecule has 0 saturated heterocycles. The third-order valence-electron chi connectivity index (χ3n) is 6.81. The van der Waals surface area contributed by atoms with Crippen molar-refractivity contribution >= 4 is 50.7 Å². The van der Waals surface area contributed by atoms with Crippen LogP contribution in [0.5, 0.6) is 5.75 Å². The van der Waals surface area contributed by atoms with Gasteiger partial charge in [0.05, 0.1) is 18.6 Å². The topological polar surface area (TPSA) is 96.0 Å². The maximum atomic E-state index is 14.0. The summed E-state index contributed by atoms with van der Waals surface area (Å²) >= 11 is 12.5. The zero-order valence-electron chi connectivity index (χ0n) is 22.7. The summed E-state index contributed by atoms with van der Waals surface area (Å²) in [5.74, 6) is -0.459. The lowest BCUT2D eigenvalue weighted by Gasteiger charge is -2.34. The normalized spacial score (nSPS) is 14.9. The van der Waals surface area contributed by atoms with Crippen LogP contribution in [0.4, 0.5) is 5.69 Å². The van der Waals surface area contributed by atoms with Gasteiger partial charge in [0, 0.05) is 22.6 Å². The lowest BCUT2D eigenvalue weighted by molar-refractivity contribution is -0.140. The fraction of sp³-hybridized carbons (Fsp3) is 0.500. The van der Waals surface area contributed by atoms with E-state index in [1.165, 1.54) is 4.90 Å². The van der Waals surface area contributed by atoms with E-state index in [1.807, 2.05) is 6.92 Å². The molecule has 8 nitrogen and oxygen atoms in total. The van der Waals surface area contributed by atoms with Crippen molar-refractivity contribution in [1.29, 1.82) is 0 Å². The van der Waals surface area contributed by atoms with E-state index in [4.69, 9.17) is 27.9 Å². The van der Waals surface area contributed by atoms with Crippen molar-refractivity contribution in [3.8, 4) is 5.75 Å². The third kappa shape index (κ3) is 8.50. The maximum Gasteiger partial charge on any atom is 0.244 e. The molecule has 0 heterocycles. The Hall–Kier alpha value is -2.49. The van der Waals surface area contributed by atoms with Gasteiger partial charge in [-0.25, -0.2) is 8.42 Å². The lowest BCUT2D eigenvalue weighted by atomic mass is 9.95. The minimum atomic E-state index is -3.89. The number of hydrogen-bond donors (Lipinski definition) is 1. The van der Waals surface area contributed by atoms with E-state index in [-0.39, 0.29) is 24.2 Å². The van der Waals surface area contributed by atoms with E-state index in [1.54, 1.807) is 49.4 Å². The van der Waals surface area contributed by atoms with Gasteiger partial charge >= 0.3 is 0 Å². The van der Waals surface area contributed by atoms with Crippen molar-refractivity contribution in [2.75, 3.05) is 23.7 Å². The van der Waals surface area contributed by atoms with Crippen LogP contribution >= 0.6 is 23.2 Å². The largest absolute Gasteiger partial charge is 0.492 e. The van der Waals surface area contributed by atoms with Crippen LogP contribution in [0.1, 0.15) is 57.9 Å². The maximum absolute atomic E-state index is 14.0. The molecule has 0 aliphatic heterocycles. The molecule has 0 spiro atoms. The molecule has 1 saturated carbocycles. The fourth-order valence-corrected chi connectivity index (χ4v) is 6.15. The van der Waals surface area contributed by atoms with E-state index in [0.717, 1.165) is 42.7 Å². The second-order valence-electron chi connectivity index (χ2n) is 9.70. The highest BCUT2D eigenvalue weighted by molar-refractivity contribution is 7.92. The molecule has 1 aliphatic rings. The zero-order valence-corrected chi connectivity index (χ0v) is 25.0. The van der Waals surface area contributed by atoms with Crippen LogP contribution in [0, 0.1) is 0 Å². The van der Waals surface area contributed by atoms with Crippen LogP contribution < -0.4 is 14.4 Å². The van der Waals surface area contributed by atoms with Gasteiger partial charge in [-0.2, -0.15) is 0 Å². The summed E-state index contributed by atoms with van der Waals surface area (Å²) < 4.78 is 32.5. The first-order chi connectivity index (χ1) is 18.5. The molecule has 1 fully saturated rings. The van der Waals surface area contributed by atoms with Gasteiger partial charge in [0.2, 0.25) is 21.8 Å². The average Bonchev–Trinajstić information content (AvgIpc) is 2.89. The van der Waals surface area contributed by atoms with Crippen molar-refractivity contribution in [1.82, 2.24) is 10.2 Å². The van der Waals surface area contributed by atoms with Crippen LogP contribution in [-0.2, 0) is 26.2 Å². The fourth-order valence-electron chi connectivity index (χ4n) is 4.83. The SMILES string of the molecule is CCOc1ccccc1N(CC(=O)N(Cc1ccc(Cl)cc1Cl)[C@@H](CC)C(=O)NC1CCCCC1)S(C)(=O)=O. The smallest absolute Gasteiger partial charge is 0.244 e. The monoisotopic (exact) mass is 597 g/mol. The number of amides is 2. The molecule has 0 bridgehead atoms. The summed E-state index contributed by atoms with van der Waals surface area (Å²) in [4.78, 5) is 28.9. The minimum Gasteiger partial charge on any atom is -0.492 e. The van der Waals surface area contributed by atoms with Gasteiger partial charge in [-0.1, -0.05) is 67.6 Å². The number of ether oxygens (including phenoxy) is 1. The molecule has 2 amide bonds.